The van der Waals surface area contributed by atoms with Gasteiger partial charge in [-0.3, -0.25) is 4.99 Å². The zero-order valence-electron chi connectivity index (χ0n) is 12.3. The van der Waals surface area contributed by atoms with Crippen LogP contribution in [-0.2, 0) is 0 Å². The van der Waals surface area contributed by atoms with Crippen LogP contribution in [0.2, 0.25) is 0 Å². The zero-order chi connectivity index (χ0) is 13.6. The van der Waals surface area contributed by atoms with Crippen LogP contribution in [0.5, 0.6) is 0 Å². The van der Waals surface area contributed by atoms with Gasteiger partial charge < -0.3 is 4.90 Å². The minimum atomic E-state index is 0.0622. The largest absolute Gasteiger partial charge is 0.326 e. The van der Waals surface area contributed by atoms with Crippen molar-refractivity contribution in [1.82, 2.24) is 4.90 Å². The SMILES string of the molecule is C=C(C)N(/C=C\C)/C(C)=C/C(=N\C)C(C)(C)C. The molecule has 0 aromatic rings. The molecule has 0 heterocycles. The molecule has 17 heavy (non-hydrogen) atoms. The Morgan fingerprint density at radius 1 is 1.24 bits per heavy atom. The van der Waals surface area contributed by atoms with Crippen LogP contribution in [-0.4, -0.2) is 17.7 Å². The second kappa shape index (κ2) is 6.43. The van der Waals surface area contributed by atoms with E-state index in [0.717, 1.165) is 17.1 Å². The van der Waals surface area contributed by atoms with Crippen molar-refractivity contribution in [2.45, 2.75) is 41.5 Å². The molecular formula is C15H26N2. The molecule has 0 fully saturated rings. The van der Waals surface area contributed by atoms with Crippen molar-refractivity contribution in [3.05, 3.63) is 36.3 Å². The van der Waals surface area contributed by atoms with Gasteiger partial charge in [-0.1, -0.05) is 33.4 Å². The number of rotatable bonds is 4. The molecule has 0 aliphatic heterocycles. The molecule has 96 valence electrons. The first-order chi connectivity index (χ1) is 7.73. The Morgan fingerprint density at radius 2 is 1.76 bits per heavy atom. The van der Waals surface area contributed by atoms with Crippen molar-refractivity contribution in [2.24, 2.45) is 10.4 Å². The summed E-state index contributed by atoms with van der Waals surface area (Å²) in [7, 11) is 1.84. The summed E-state index contributed by atoms with van der Waals surface area (Å²) in [6.45, 7) is 16.6. The lowest BCUT2D eigenvalue weighted by Gasteiger charge is -2.24. The quantitative estimate of drug-likeness (QED) is 0.659. The van der Waals surface area contributed by atoms with Crippen LogP contribution in [0.1, 0.15) is 41.5 Å². The molecule has 0 unspecified atom stereocenters. The summed E-state index contributed by atoms with van der Waals surface area (Å²) in [6.07, 6.45) is 6.14. The molecule has 0 rings (SSSR count). The van der Waals surface area contributed by atoms with E-state index in [-0.39, 0.29) is 5.41 Å². The average molecular weight is 234 g/mol. The van der Waals surface area contributed by atoms with Crippen LogP contribution in [0.15, 0.2) is 41.3 Å². The molecule has 0 bridgehead atoms. The second-order valence-corrected chi connectivity index (χ2v) is 5.23. The van der Waals surface area contributed by atoms with Crippen LogP contribution >= 0.6 is 0 Å². The van der Waals surface area contributed by atoms with Crippen LogP contribution in [0.4, 0.5) is 0 Å². The number of nitrogens with zero attached hydrogens (tertiary/aromatic N) is 2. The van der Waals surface area contributed by atoms with Gasteiger partial charge >= 0.3 is 0 Å². The number of aliphatic imine (C=N–C) groups is 1. The Hall–Kier alpha value is -1.31. The number of hydrogen-bond acceptors (Lipinski definition) is 2. The normalized spacial score (nSPS) is 14.3. The average Bonchev–Trinajstić information content (AvgIpc) is 2.19. The minimum absolute atomic E-state index is 0.0622. The van der Waals surface area contributed by atoms with Crippen molar-refractivity contribution in [1.29, 1.82) is 0 Å². The second-order valence-electron chi connectivity index (χ2n) is 5.23. The summed E-state index contributed by atoms with van der Waals surface area (Å²) in [4.78, 5) is 6.43. The molecule has 0 radical (unpaired) electrons. The number of allylic oxidation sites excluding steroid dienone is 4. The van der Waals surface area contributed by atoms with E-state index in [4.69, 9.17) is 0 Å². The van der Waals surface area contributed by atoms with Crippen LogP contribution in [0.3, 0.4) is 0 Å². The lowest BCUT2D eigenvalue weighted by molar-refractivity contribution is 0.569. The predicted molar refractivity (Wildman–Crippen MR) is 78.0 cm³/mol. The van der Waals surface area contributed by atoms with Gasteiger partial charge in [0.2, 0.25) is 0 Å². The van der Waals surface area contributed by atoms with E-state index in [2.05, 4.69) is 50.2 Å². The first-order valence-corrected chi connectivity index (χ1v) is 5.97. The lowest BCUT2D eigenvalue weighted by atomic mass is 9.89. The van der Waals surface area contributed by atoms with Crippen molar-refractivity contribution in [2.75, 3.05) is 7.05 Å². The zero-order valence-corrected chi connectivity index (χ0v) is 12.3. The van der Waals surface area contributed by atoms with Crippen molar-refractivity contribution >= 4 is 5.71 Å². The van der Waals surface area contributed by atoms with Crippen molar-refractivity contribution in [3.63, 3.8) is 0 Å². The summed E-state index contributed by atoms with van der Waals surface area (Å²) in [5, 5.41) is 0. The fourth-order valence-electron chi connectivity index (χ4n) is 1.58. The highest BCUT2D eigenvalue weighted by Gasteiger charge is 2.17. The van der Waals surface area contributed by atoms with Crippen LogP contribution in [0, 0.1) is 5.41 Å². The maximum absolute atomic E-state index is 4.36. The highest BCUT2D eigenvalue weighted by atomic mass is 15.1. The Bertz CT molecular complexity index is 352. The standard InChI is InChI=1S/C15H26N2/c1-9-10-17(12(2)3)13(4)11-14(16-8)15(5,6)7/h9-11H,2H2,1,3-8H3/b10-9-,13-11+,16-14+. The molecule has 0 saturated carbocycles. The monoisotopic (exact) mass is 234 g/mol. The van der Waals surface area contributed by atoms with Crippen LogP contribution in [0.25, 0.3) is 0 Å². The van der Waals surface area contributed by atoms with E-state index in [9.17, 15) is 0 Å². The van der Waals surface area contributed by atoms with E-state index in [1.54, 1.807) is 0 Å². The molecule has 2 heteroatoms. The van der Waals surface area contributed by atoms with Crippen molar-refractivity contribution in [3.8, 4) is 0 Å². The minimum Gasteiger partial charge on any atom is -0.326 e. The smallest absolute Gasteiger partial charge is 0.0415 e. The highest BCUT2D eigenvalue weighted by Crippen LogP contribution is 2.20. The topological polar surface area (TPSA) is 15.6 Å². The third-order valence-corrected chi connectivity index (χ3v) is 2.44. The third-order valence-electron chi connectivity index (χ3n) is 2.44. The van der Waals surface area contributed by atoms with Gasteiger partial charge in [-0.05, 0) is 26.8 Å². The first kappa shape index (κ1) is 15.7. The van der Waals surface area contributed by atoms with E-state index in [1.165, 1.54) is 0 Å². The summed E-state index contributed by atoms with van der Waals surface area (Å²) in [5.41, 5.74) is 3.28. The molecule has 0 aromatic heterocycles. The summed E-state index contributed by atoms with van der Waals surface area (Å²) >= 11 is 0. The van der Waals surface area contributed by atoms with Crippen molar-refractivity contribution < 1.29 is 0 Å². The molecule has 0 spiro atoms. The van der Waals surface area contributed by atoms with E-state index >= 15 is 0 Å². The Balaban J connectivity index is 5.25. The molecule has 0 aromatic carbocycles. The molecule has 0 amide bonds. The Labute approximate surface area is 106 Å². The molecule has 0 saturated heterocycles. The maximum Gasteiger partial charge on any atom is 0.0415 e. The molecule has 0 aliphatic rings. The Kier molecular flexibility index (Phi) is 5.94. The fourth-order valence-corrected chi connectivity index (χ4v) is 1.58. The van der Waals surface area contributed by atoms with Gasteiger partial charge in [-0.2, -0.15) is 0 Å². The van der Waals surface area contributed by atoms with Gasteiger partial charge in [0.05, 0.1) is 0 Å². The molecular weight excluding hydrogens is 208 g/mol. The Morgan fingerprint density at radius 3 is 2.06 bits per heavy atom. The highest BCUT2D eigenvalue weighted by molar-refractivity contribution is 5.99. The van der Waals surface area contributed by atoms with Gasteiger partial charge in [-0.15, -0.1) is 0 Å². The van der Waals surface area contributed by atoms with Gasteiger partial charge in [0, 0.05) is 35.8 Å². The molecule has 0 atom stereocenters. The van der Waals surface area contributed by atoms with E-state index in [0.29, 0.717) is 0 Å². The molecule has 0 aliphatic carbocycles. The third kappa shape index (κ3) is 5.03. The lowest BCUT2D eigenvalue weighted by Crippen LogP contribution is -2.21. The summed E-state index contributed by atoms with van der Waals surface area (Å²) < 4.78 is 0. The first-order valence-electron chi connectivity index (χ1n) is 5.97. The summed E-state index contributed by atoms with van der Waals surface area (Å²) in [6, 6.07) is 0. The fraction of sp³-hybridized carbons (Fsp3) is 0.533. The molecule has 0 N–H and O–H groups in total. The van der Waals surface area contributed by atoms with Gasteiger partial charge in [0.15, 0.2) is 0 Å². The van der Waals surface area contributed by atoms with Gasteiger partial charge in [0.25, 0.3) is 0 Å². The van der Waals surface area contributed by atoms with E-state index in [1.807, 2.05) is 33.2 Å². The van der Waals surface area contributed by atoms with Gasteiger partial charge in [0.1, 0.15) is 0 Å². The van der Waals surface area contributed by atoms with Crippen LogP contribution < -0.4 is 0 Å². The van der Waals surface area contributed by atoms with Gasteiger partial charge in [-0.25, -0.2) is 0 Å². The molecule has 2 nitrogen and oxygen atoms in total. The number of hydrogen-bond donors (Lipinski definition) is 0. The van der Waals surface area contributed by atoms with E-state index < -0.39 is 0 Å². The predicted octanol–water partition coefficient (Wildman–Crippen LogP) is 4.38. The summed E-state index contributed by atoms with van der Waals surface area (Å²) in [5.74, 6) is 0. The maximum atomic E-state index is 4.36.